The second kappa shape index (κ2) is 15.6. The maximum Gasteiger partial charge on any atom is 0.126 e. The molecule has 5 unspecified atom stereocenters. The highest BCUT2D eigenvalue weighted by atomic mass is 19.1. The molecule has 1 N–H and O–H groups in total. The lowest BCUT2D eigenvalue weighted by Crippen LogP contribution is -2.47. The molecule has 0 radical (unpaired) electrons. The Labute approximate surface area is 181 Å². The Balaban J connectivity index is 1.53. The molecule has 0 spiro atoms. The van der Waals surface area contributed by atoms with Crippen molar-refractivity contribution in [3.63, 3.8) is 0 Å². The normalized spacial score (nSPS) is 30.5. The molecule has 29 heavy (non-hydrogen) atoms. The number of hydrogen-bond acceptors (Lipinski definition) is 2. The van der Waals surface area contributed by atoms with Gasteiger partial charge in [-0.15, -0.1) is 0 Å². The van der Waals surface area contributed by atoms with Crippen molar-refractivity contribution in [2.75, 3.05) is 13.2 Å². The third-order valence-corrected chi connectivity index (χ3v) is 7.42. The number of nitrogens with one attached hydrogen (secondary N) is 1. The Hall–Kier alpha value is -0.150. The van der Waals surface area contributed by atoms with Gasteiger partial charge in [0.05, 0.1) is 6.10 Å². The smallest absolute Gasteiger partial charge is 0.126 e. The molecule has 0 aromatic rings. The Morgan fingerprint density at radius 1 is 0.793 bits per heavy atom. The molecule has 1 saturated carbocycles. The number of alkyl halides is 1. The van der Waals surface area contributed by atoms with Crippen LogP contribution in [0.25, 0.3) is 0 Å². The van der Waals surface area contributed by atoms with Gasteiger partial charge in [0.1, 0.15) is 6.17 Å². The predicted molar refractivity (Wildman–Crippen MR) is 123 cm³/mol. The minimum Gasteiger partial charge on any atom is -0.375 e. The molecule has 0 aromatic heterocycles. The standard InChI is InChI=1S/C26H50FNO/c1-3-5-7-9-11-13-19-29-26-18-16-23(20-24(26)27)25-17-15-22(21-28-25)14-12-10-8-6-4-2/h22-26,28H,3-21H2,1-2H3. The number of ether oxygens (including phenoxy) is 1. The molecule has 0 aromatic carbocycles. The van der Waals surface area contributed by atoms with Crippen LogP contribution in [-0.2, 0) is 4.74 Å². The van der Waals surface area contributed by atoms with Gasteiger partial charge < -0.3 is 10.1 Å². The predicted octanol–water partition coefficient (Wildman–Crippen LogP) is 7.60. The zero-order valence-corrected chi connectivity index (χ0v) is 19.6. The molecule has 1 aliphatic carbocycles. The van der Waals surface area contributed by atoms with Gasteiger partial charge in [0.25, 0.3) is 0 Å². The van der Waals surface area contributed by atoms with Crippen LogP contribution in [-0.4, -0.2) is 31.5 Å². The summed E-state index contributed by atoms with van der Waals surface area (Å²) in [5, 5.41) is 3.80. The van der Waals surface area contributed by atoms with Crippen LogP contribution >= 0.6 is 0 Å². The first kappa shape index (κ1) is 25.1. The first-order chi connectivity index (χ1) is 14.2. The fourth-order valence-electron chi connectivity index (χ4n) is 5.41. The van der Waals surface area contributed by atoms with Crippen LogP contribution in [0, 0.1) is 11.8 Å². The molecule has 2 aliphatic rings. The van der Waals surface area contributed by atoms with Gasteiger partial charge >= 0.3 is 0 Å². The fourth-order valence-corrected chi connectivity index (χ4v) is 5.41. The van der Waals surface area contributed by atoms with Crippen molar-refractivity contribution in [1.29, 1.82) is 0 Å². The van der Waals surface area contributed by atoms with E-state index in [1.165, 1.54) is 83.5 Å². The lowest BCUT2D eigenvalue weighted by molar-refractivity contribution is -0.0429. The summed E-state index contributed by atoms with van der Waals surface area (Å²) in [5.74, 6) is 1.37. The second-order valence-electron chi connectivity index (χ2n) is 9.93. The van der Waals surface area contributed by atoms with Crippen LogP contribution in [0.3, 0.4) is 0 Å². The molecule has 2 fully saturated rings. The van der Waals surface area contributed by atoms with Crippen LogP contribution in [0.15, 0.2) is 0 Å². The quantitative estimate of drug-likeness (QED) is 0.280. The van der Waals surface area contributed by atoms with Crippen molar-refractivity contribution in [2.24, 2.45) is 11.8 Å². The molecule has 1 heterocycles. The van der Waals surface area contributed by atoms with Gasteiger partial charge in [0.2, 0.25) is 0 Å². The number of rotatable bonds is 15. The van der Waals surface area contributed by atoms with Crippen molar-refractivity contribution in [3.05, 3.63) is 0 Å². The molecule has 0 amide bonds. The maximum absolute atomic E-state index is 14.7. The van der Waals surface area contributed by atoms with Gasteiger partial charge in [0, 0.05) is 12.6 Å². The summed E-state index contributed by atoms with van der Waals surface area (Å²) >= 11 is 0. The van der Waals surface area contributed by atoms with Crippen molar-refractivity contribution < 1.29 is 9.13 Å². The van der Waals surface area contributed by atoms with Crippen molar-refractivity contribution in [1.82, 2.24) is 5.32 Å². The fraction of sp³-hybridized carbons (Fsp3) is 1.00. The highest BCUT2D eigenvalue weighted by Crippen LogP contribution is 2.34. The van der Waals surface area contributed by atoms with E-state index in [4.69, 9.17) is 4.74 Å². The summed E-state index contributed by atoms with van der Waals surface area (Å²) in [7, 11) is 0. The van der Waals surface area contributed by atoms with E-state index in [1.54, 1.807) is 0 Å². The molecular formula is C26H50FNO. The average molecular weight is 412 g/mol. The van der Waals surface area contributed by atoms with E-state index in [0.29, 0.717) is 18.4 Å². The first-order valence-corrected chi connectivity index (χ1v) is 13.2. The molecule has 2 nitrogen and oxygen atoms in total. The molecule has 1 saturated heterocycles. The van der Waals surface area contributed by atoms with Crippen LogP contribution in [0.1, 0.15) is 123 Å². The van der Waals surface area contributed by atoms with Gasteiger partial charge in [-0.05, 0) is 63.3 Å². The molecule has 0 bridgehead atoms. The monoisotopic (exact) mass is 411 g/mol. The summed E-state index contributed by atoms with van der Waals surface area (Å²) in [6.45, 7) is 6.44. The highest BCUT2D eigenvalue weighted by molar-refractivity contribution is 4.90. The maximum atomic E-state index is 14.7. The van der Waals surface area contributed by atoms with Gasteiger partial charge in [-0.1, -0.05) is 78.1 Å². The summed E-state index contributed by atoms with van der Waals surface area (Å²) < 4.78 is 20.7. The van der Waals surface area contributed by atoms with E-state index >= 15 is 0 Å². The lowest BCUT2D eigenvalue weighted by atomic mass is 9.77. The van der Waals surface area contributed by atoms with Crippen molar-refractivity contribution in [2.45, 2.75) is 141 Å². The van der Waals surface area contributed by atoms with Crippen LogP contribution in [0.5, 0.6) is 0 Å². The average Bonchev–Trinajstić information content (AvgIpc) is 2.74. The zero-order chi connectivity index (χ0) is 20.7. The Kier molecular flexibility index (Phi) is 13.5. The number of piperidine rings is 1. The Morgan fingerprint density at radius 3 is 2.14 bits per heavy atom. The Bertz CT molecular complexity index is 383. The zero-order valence-electron chi connectivity index (χ0n) is 19.6. The van der Waals surface area contributed by atoms with E-state index in [1.807, 2.05) is 0 Å². The topological polar surface area (TPSA) is 21.3 Å². The van der Waals surface area contributed by atoms with E-state index in [2.05, 4.69) is 19.2 Å². The molecular weight excluding hydrogens is 361 g/mol. The molecule has 2 rings (SSSR count). The largest absolute Gasteiger partial charge is 0.375 e. The van der Waals surface area contributed by atoms with Crippen LogP contribution in [0.4, 0.5) is 4.39 Å². The first-order valence-electron chi connectivity index (χ1n) is 13.2. The van der Waals surface area contributed by atoms with Crippen molar-refractivity contribution in [3.8, 4) is 0 Å². The lowest BCUT2D eigenvalue weighted by Gasteiger charge is -2.40. The summed E-state index contributed by atoms with van der Waals surface area (Å²) in [5.41, 5.74) is 0. The van der Waals surface area contributed by atoms with E-state index in [0.717, 1.165) is 38.3 Å². The highest BCUT2D eigenvalue weighted by Gasteiger charge is 2.36. The molecule has 3 heteroatoms. The summed E-state index contributed by atoms with van der Waals surface area (Å²) in [6, 6.07) is 0.545. The molecule has 1 aliphatic heterocycles. The van der Waals surface area contributed by atoms with Gasteiger partial charge in [0.15, 0.2) is 0 Å². The van der Waals surface area contributed by atoms with Gasteiger partial charge in [-0.3, -0.25) is 0 Å². The number of unbranched alkanes of at least 4 members (excludes halogenated alkanes) is 9. The van der Waals surface area contributed by atoms with Gasteiger partial charge in [-0.25, -0.2) is 4.39 Å². The van der Waals surface area contributed by atoms with E-state index in [-0.39, 0.29) is 6.10 Å². The van der Waals surface area contributed by atoms with Gasteiger partial charge in [-0.2, -0.15) is 0 Å². The van der Waals surface area contributed by atoms with E-state index in [9.17, 15) is 4.39 Å². The minimum absolute atomic E-state index is 0.138. The Morgan fingerprint density at radius 2 is 1.48 bits per heavy atom. The third-order valence-electron chi connectivity index (χ3n) is 7.42. The molecule has 5 atom stereocenters. The van der Waals surface area contributed by atoms with Crippen LogP contribution in [0.2, 0.25) is 0 Å². The summed E-state index contributed by atoms with van der Waals surface area (Å²) in [6.07, 6.45) is 20.4. The van der Waals surface area contributed by atoms with E-state index < -0.39 is 6.17 Å². The van der Waals surface area contributed by atoms with Crippen molar-refractivity contribution >= 4 is 0 Å². The van der Waals surface area contributed by atoms with Crippen LogP contribution < -0.4 is 5.32 Å². The number of hydrogen-bond donors (Lipinski definition) is 1. The number of halogens is 1. The third kappa shape index (κ3) is 10.1. The summed E-state index contributed by atoms with van der Waals surface area (Å²) in [4.78, 5) is 0. The minimum atomic E-state index is -0.757. The molecule has 172 valence electrons. The second-order valence-corrected chi connectivity index (χ2v) is 9.93. The SMILES string of the molecule is CCCCCCCCOC1CCC(C2CCC(CCCCCCC)CN2)CC1F.